The zero-order chi connectivity index (χ0) is 13.2. The molecule has 4 nitrogen and oxygen atoms in total. The van der Waals surface area contributed by atoms with Gasteiger partial charge in [0.1, 0.15) is 5.75 Å². The molecule has 1 atom stereocenters. The molecule has 18 heavy (non-hydrogen) atoms. The standard InChI is InChI=1S/C14H19NO3/c1-15-14(9-13(16)17)7-3-4-10-8-11(18-2)5-6-12(10)14/h5-6,8,15H,3-4,7,9H2,1-2H3,(H,16,17). The number of hydrogen-bond acceptors (Lipinski definition) is 3. The molecular formula is C14H19NO3. The molecule has 0 fully saturated rings. The molecule has 0 aliphatic heterocycles. The summed E-state index contributed by atoms with van der Waals surface area (Å²) in [4.78, 5) is 11.1. The van der Waals surface area contributed by atoms with Crippen molar-refractivity contribution in [3.63, 3.8) is 0 Å². The Bertz CT molecular complexity index is 458. The minimum absolute atomic E-state index is 0.114. The molecule has 1 aromatic rings. The van der Waals surface area contributed by atoms with E-state index >= 15 is 0 Å². The van der Waals surface area contributed by atoms with Gasteiger partial charge in [-0.15, -0.1) is 0 Å². The first-order valence-corrected chi connectivity index (χ1v) is 6.19. The second-order valence-electron chi connectivity index (χ2n) is 4.78. The normalized spacial score (nSPS) is 22.3. The van der Waals surface area contributed by atoms with Crippen LogP contribution in [0.3, 0.4) is 0 Å². The molecule has 2 N–H and O–H groups in total. The molecule has 0 aromatic heterocycles. The lowest BCUT2D eigenvalue weighted by atomic mass is 9.74. The van der Waals surface area contributed by atoms with Crippen LogP contribution < -0.4 is 10.1 Å². The molecule has 0 amide bonds. The summed E-state index contributed by atoms with van der Waals surface area (Å²) in [6, 6.07) is 5.91. The van der Waals surface area contributed by atoms with Gasteiger partial charge in [-0.1, -0.05) is 6.07 Å². The number of methoxy groups -OCH3 is 1. The van der Waals surface area contributed by atoms with E-state index in [9.17, 15) is 4.79 Å². The highest BCUT2D eigenvalue weighted by molar-refractivity contribution is 5.69. The Kier molecular flexibility index (Phi) is 3.57. The van der Waals surface area contributed by atoms with Gasteiger partial charge in [-0.2, -0.15) is 0 Å². The maximum absolute atomic E-state index is 11.1. The van der Waals surface area contributed by atoms with Crippen molar-refractivity contribution in [1.82, 2.24) is 5.32 Å². The van der Waals surface area contributed by atoms with Gasteiger partial charge in [-0.05, 0) is 49.6 Å². The van der Waals surface area contributed by atoms with Crippen LogP contribution in [0.2, 0.25) is 0 Å². The Morgan fingerprint density at radius 1 is 1.56 bits per heavy atom. The van der Waals surface area contributed by atoms with Crippen molar-refractivity contribution < 1.29 is 14.6 Å². The fourth-order valence-corrected chi connectivity index (χ4v) is 2.88. The van der Waals surface area contributed by atoms with Gasteiger partial charge in [-0.3, -0.25) is 4.79 Å². The first-order chi connectivity index (χ1) is 8.61. The Morgan fingerprint density at radius 2 is 2.33 bits per heavy atom. The quantitative estimate of drug-likeness (QED) is 0.856. The van der Waals surface area contributed by atoms with Crippen LogP contribution in [-0.4, -0.2) is 25.2 Å². The second-order valence-corrected chi connectivity index (χ2v) is 4.78. The van der Waals surface area contributed by atoms with E-state index < -0.39 is 11.5 Å². The monoisotopic (exact) mass is 249 g/mol. The lowest BCUT2D eigenvalue weighted by molar-refractivity contribution is -0.139. The number of carbonyl (C=O) groups is 1. The summed E-state index contributed by atoms with van der Waals surface area (Å²) >= 11 is 0. The van der Waals surface area contributed by atoms with Crippen LogP contribution in [0.5, 0.6) is 5.75 Å². The van der Waals surface area contributed by atoms with Crippen LogP contribution in [0.25, 0.3) is 0 Å². The van der Waals surface area contributed by atoms with E-state index in [1.807, 2.05) is 25.2 Å². The molecule has 0 saturated carbocycles. The number of benzene rings is 1. The fourth-order valence-electron chi connectivity index (χ4n) is 2.88. The van der Waals surface area contributed by atoms with Crippen molar-refractivity contribution in [1.29, 1.82) is 0 Å². The minimum Gasteiger partial charge on any atom is -0.497 e. The number of nitrogens with one attached hydrogen (secondary N) is 1. The molecular weight excluding hydrogens is 230 g/mol. The molecule has 98 valence electrons. The maximum Gasteiger partial charge on any atom is 0.305 e. The Morgan fingerprint density at radius 3 is 2.94 bits per heavy atom. The van der Waals surface area contributed by atoms with Crippen LogP contribution in [0.15, 0.2) is 18.2 Å². The van der Waals surface area contributed by atoms with Crippen LogP contribution >= 0.6 is 0 Å². The first kappa shape index (κ1) is 12.9. The van der Waals surface area contributed by atoms with E-state index in [2.05, 4.69) is 5.32 Å². The van der Waals surface area contributed by atoms with Crippen LogP contribution in [0.4, 0.5) is 0 Å². The van der Waals surface area contributed by atoms with Gasteiger partial charge in [0.15, 0.2) is 0 Å². The summed E-state index contributed by atoms with van der Waals surface area (Å²) in [5.41, 5.74) is 1.85. The highest BCUT2D eigenvalue weighted by Gasteiger charge is 2.37. The van der Waals surface area contributed by atoms with Gasteiger partial charge in [0.2, 0.25) is 0 Å². The molecule has 0 heterocycles. The number of fused-ring (bicyclic) bond motifs is 1. The molecule has 0 bridgehead atoms. The molecule has 2 rings (SSSR count). The second kappa shape index (κ2) is 4.98. The van der Waals surface area contributed by atoms with Gasteiger partial charge in [0, 0.05) is 0 Å². The predicted octanol–water partition coefficient (Wildman–Crippen LogP) is 1.92. The molecule has 0 saturated heterocycles. The van der Waals surface area contributed by atoms with Crippen molar-refractivity contribution in [3.05, 3.63) is 29.3 Å². The summed E-state index contributed by atoms with van der Waals surface area (Å²) in [5.74, 6) is 0.0593. The van der Waals surface area contributed by atoms with Crippen molar-refractivity contribution in [2.75, 3.05) is 14.2 Å². The van der Waals surface area contributed by atoms with Crippen LogP contribution in [0.1, 0.15) is 30.4 Å². The van der Waals surface area contributed by atoms with Gasteiger partial charge in [-0.25, -0.2) is 0 Å². The SMILES string of the molecule is CNC1(CC(=O)O)CCCc2cc(OC)ccc21. The lowest BCUT2D eigenvalue weighted by Crippen LogP contribution is -2.44. The molecule has 1 unspecified atom stereocenters. The van der Waals surface area contributed by atoms with E-state index in [4.69, 9.17) is 9.84 Å². The largest absolute Gasteiger partial charge is 0.497 e. The predicted molar refractivity (Wildman–Crippen MR) is 68.9 cm³/mol. The zero-order valence-electron chi connectivity index (χ0n) is 10.8. The van der Waals surface area contributed by atoms with Gasteiger partial charge >= 0.3 is 5.97 Å². The van der Waals surface area contributed by atoms with E-state index in [0.717, 1.165) is 30.6 Å². The number of carboxylic acid groups (broad SMARTS) is 1. The van der Waals surface area contributed by atoms with Crippen molar-refractivity contribution in [2.45, 2.75) is 31.2 Å². The summed E-state index contributed by atoms with van der Waals surface area (Å²) in [5, 5.41) is 12.3. The van der Waals surface area contributed by atoms with E-state index in [1.54, 1.807) is 7.11 Å². The number of carboxylic acids is 1. The lowest BCUT2D eigenvalue weighted by Gasteiger charge is -2.38. The number of aryl methyl sites for hydroxylation is 1. The Labute approximate surface area is 107 Å². The van der Waals surface area contributed by atoms with E-state index in [1.165, 1.54) is 5.56 Å². The molecule has 0 radical (unpaired) electrons. The third-order valence-electron chi connectivity index (χ3n) is 3.81. The Balaban J connectivity index is 2.45. The van der Waals surface area contributed by atoms with Crippen molar-refractivity contribution in [2.24, 2.45) is 0 Å². The summed E-state index contributed by atoms with van der Waals surface area (Å²) < 4.78 is 5.23. The highest BCUT2D eigenvalue weighted by atomic mass is 16.5. The van der Waals surface area contributed by atoms with Gasteiger partial charge in [0.25, 0.3) is 0 Å². The maximum atomic E-state index is 11.1. The number of hydrogen-bond donors (Lipinski definition) is 2. The molecule has 0 spiro atoms. The zero-order valence-corrected chi connectivity index (χ0v) is 10.8. The Hall–Kier alpha value is -1.55. The molecule has 4 heteroatoms. The average molecular weight is 249 g/mol. The molecule has 1 aliphatic rings. The number of ether oxygens (including phenoxy) is 1. The van der Waals surface area contributed by atoms with Gasteiger partial charge < -0.3 is 15.2 Å². The van der Waals surface area contributed by atoms with Crippen molar-refractivity contribution >= 4 is 5.97 Å². The third kappa shape index (κ3) is 2.20. The topological polar surface area (TPSA) is 58.6 Å². The number of aliphatic carboxylic acids is 1. The molecule has 1 aromatic carbocycles. The van der Waals surface area contributed by atoms with Gasteiger partial charge in [0.05, 0.1) is 19.1 Å². The van der Waals surface area contributed by atoms with E-state index in [-0.39, 0.29) is 6.42 Å². The van der Waals surface area contributed by atoms with Crippen molar-refractivity contribution in [3.8, 4) is 5.75 Å². The smallest absolute Gasteiger partial charge is 0.305 e. The molecule has 1 aliphatic carbocycles. The summed E-state index contributed by atoms with van der Waals surface area (Å²) in [6.45, 7) is 0. The number of rotatable bonds is 4. The average Bonchev–Trinajstić information content (AvgIpc) is 2.37. The van der Waals surface area contributed by atoms with Crippen LogP contribution in [-0.2, 0) is 16.8 Å². The van der Waals surface area contributed by atoms with Crippen LogP contribution in [0, 0.1) is 0 Å². The fraction of sp³-hybridized carbons (Fsp3) is 0.500. The third-order valence-corrected chi connectivity index (χ3v) is 3.81. The summed E-state index contributed by atoms with van der Waals surface area (Å²) in [7, 11) is 3.48. The summed E-state index contributed by atoms with van der Waals surface area (Å²) in [6.07, 6.45) is 2.95. The van der Waals surface area contributed by atoms with E-state index in [0.29, 0.717) is 0 Å². The highest BCUT2D eigenvalue weighted by Crippen LogP contribution is 2.39. The minimum atomic E-state index is -0.770. The first-order valence-electron chi connectivity index (χ1n) is 6.19.